The molecule has 23 heavy (non-hydrogen) atoms. The van der Waals surface area contributed by atoms with Crippen LogP contribution in [-0.2, 0) is 4.79 Å². The van der Waals surface area contributed by atoms with Gasteiger partial charge in [0.25, 0.3) is 0 Å². The van der Waals surface area contributed by atoms with Gasteiger partial charge in [-0.2, -0.15) is 0 Å². The van der Waals surface area contributed by atoms with E-state index in [1.807, 2.05) is 42.5 Å². The van der Waals surface area contributed by atoms with Crippen LogP contribution in [0.3, 0.4) is 0 Å². The van der Waals surface area contributed by atoms with Gasteiger partial charge >= 0.3 is 0 Å². The largest absolute Gasteiger partial charge is 0.324 e. The number of hydrogen-bond acceptors (Lipinski definition) is 3. The lowest BCUT2D eigenvalue weighted by molar-refractivity contribution is -0.117. The van der Waals surface area contributed by atoms with Crippen molar-refractivity contribution in [2.45, 2.75) is 6.42 Å². The number of amides is 1. The third-order valence-electron chi connectivity index (χ3n) is 4.09. The first-order valence-corrected chi connectivity index (χ1v) is 8.20. The zero-order valence-electron chi connectivity index (χ0n) is 13.3. The number of carbonyl (C=O) groups is 1. The molecule has 0 saturated carbocycles. The number of hydrogen-bond donors (Lipinski definition) is 2. The van der Waals surface area contributed by atoms with Crippen molar-refractivity contribution in [1.29, 1.82) is 0 Å². The predicted octanol–water partition coefficient (Wildman–Crippen LogP) is 2.59. The van der Waals surface area contributed by atoms with Crippen LogP contribution >= 0.6 is 0 Å². The van der Waals surface area contributed by atoms with Crippen molar-refractivity contribution in [1.82, 2.24) is 10.2 Å². The highest BCUT2D eigenvalue weighted by Crippen LogP contribution is 2.27. The molecule has 0 atom stereocenters. The summed E-state index contributed by atoms with van der Waals surface area (Å²) < 4.78 is 0. The van der Waals surface area contributed by atoms with E-state index in [0.29, 0.717) is 6.54 Å². The first-order valence-electron chi connectivity index (χ1n) is 8.20. The maximum atomic E-state index is 12.4. The molecule has 1 heterocycles. The first kappa shape index (κ1) is 15.7. The molecule has 120 valence electrons. The smallest absolute Gasteiger partial charge is 0.238 e. The molecule has 2 aromatic carbocycles. The predicted molar refractivity (Wildman–Crippen MR) is 94.4 cm³/mol. The molecule has 2 aromatic rings. The van der Waals surface area contributed by atoms with Crippen LogP contribution in [-0.4, -0.2) is 43.5 Å². The molecule has 4 heteroatoms. The average molecular weight is 309 g/mol. The van der Waals surface area contributed by atoms with E-state index in [0.717, 1.165) is 49.4 Å². The summed E-state index contributed by atoms with van der Waals surface area (Å²) >= 11 is 0. The molecule has 0 spiro atoms. The molecule has 0 aliphatic carbocycles. The summed E-state index contributed by atoms with van der Waals surface area (Å²) in [6.07, 6.45) is 1.09. The van der Waals surface area contributed by atoms with Crippen LogP contribution in [0.25, 0.3) is 11.1 Å². The highest BCUT2D eigenvalue weighted by atomic mass is 16.2. The Labute approximate surface area is 137 Å². The fourth-order valence-corrected chi connectivity index (χ4v) is 2.91. The molecular weight excluding hydrogens is 286 g/mol. The Morgan fingerprint density at radius 1 is 1.00 bits per heavy atom. The number of anilines is 1. The minimum absolute atomic E-state index is 0.0512. The number of rotatable bonds is 4. The van der Waals surface area contributed by atoms with E-state index in [1.165, 1.54) is 0 Å². The summed E-state index contributed by atoms with van der Waals surface area (Å²) in [6.45, 7) is 4.34. The molecule has 2 N–H and O–H groups in total. The second kappa shape index (κ2) is 7.90. The molecule has 1 saturated heterocycles. The van der Waals surface area contributed by atoms with Gasteiger partial charge in [-0.25, -0.2) is 0 Å². The van der Waals surface area contributed by atoms with Gasteiger partial charge in [0.15, 0.2) is 0 Å². The summed E-state index contributed by atoms with van der Waals surface area (Å²) in [5.74, 6) is 0.0512. The molecular formula is C19H23N3O. The van der Waals surface area contributed by atoms with Crippen LogP contribution in [0.4, 0.5) is 5.69 Å². The van der Waals surface area contributed by atoms with Gasteiger partial charge < -0.3 is 10.6 Å². The maximum Gasteiger partial charge on any atom is 0.238 e. The van der Waals surface area contributed by atoms with E-state index in [2.05, 4.69) is 27.7 Å². The van der Waals surface area contributed by atoms with Crippen LogP contribution in [0, 0.1) is 0 Å². The maximum absolute atomic E-state index is 12.4. The lowest BCUT2D eigenvalue weighted by Crippen LogP contribution is -2.35. The monoisotopic (exact) mass is 309 g/mol. The summed E-state index contributed by atoms with van der Waals surface area (Å²) in [4.78, 5) is 14.6. The van der Waals surface area contributed by atoms with Gasteiger partial charge in [0.2, 0.25) is 5.91 Å². The molecule has 0 unspecified atom stereocenters. The van der Waals surface area contributed by atoms with Gasteiger partial charge in [0, 0.05) is 24.3 Å². The van der Waals surface area contributed by atoms with Gasteiger partial charge in [0.1, 0.15) is 0 Å². The van der Waals surface area contributed by atoms with E-state index in [-0.39, 0.29) is 5.91 Å². The van der Waals surface area contributed by atoms with Crippen molar-refractivity contribution < 1.29 is 4.79 Å². The van der Waals surface area contributed by atoms with Gasteiger partial charge in [-0.05, 0) is 31.1 Å². The van der Waals surface area contributed by atoms with Gasteiger partial charge in [-0.3, -0.25) is 9.69 Å². The molecule has 0 bridgehead atoms. The van der Waals surface area contributed by atoms with Crippen LogP contribution in [0.1, 0.15) is 6.42 Å². The Hall–Kier alpha value is -2.17. The number of carbonyl (C=O) groups excluding carboxylic acids is 1. The summed E-state index contributed by atoms with van der Waals surface area (Å²) in [7, 11) is 0. The number of para-hydroxylation sites is 1. The van der Waals surface area contributed by atoms with Crippen LogP contribution in [0.15, 0.2) is 54.6 Å². The third kappa shape index (κ3) is 4.41. The van der Waals surface area contributed by atoms with Gasteiger partial charge in [-0.15, -0.1) is 0 Å². The first-order chi connectivity index (χ1) is 11.3. The topological polar surface area (TPSA) is 44.4 Å². The Bertz CT molecular complexity index is 634. The highest BCUT2D eigenvalue weighted by Gasteiger charge is 2.14. The van der Waals surface area contributed by atoms with Crippen molar-refractivity contribution in [3.8, 4) is 11.1 Å². The highest BCUT2D eigenvalue weighted by molar-refractivity contribution is 5.96. The van der Waals surface area contributed by atoms with Gasteiger partial charge in [-0.1, -0.05) is 48.5 Å². The number of benzene rings is 2. The van der Waals surface area contributed by atoms with Gasteiger partial charge in [0.05, 0.1) is 6.54 Å². The summed E-state index contributed by atoms with van der Waals surface area (Å²) in [6, 6.07) is 18.1. The fraction of sp³-hybridized carbons (Fsp3) is 0.316. The fourth-order valence-electron chi connectivity index (χ4n) is 2.91. The van der Waals surface area contributed by atoms with Crippen LogP contribution in [0.5, 0.6) is 0 Å². The van der Waals surface area contributed by atoms with E-state index in [9.17, 15) is 4.79 Å². The van der Waals surface area contributed by atoms with E-state index < -0.39 is 0 Å². The SMILES string of the molecule is O=C(CN1CCCNCC1)Nc1ccccc1-c1ccccc1. The Kier molecular flexibility index (Phi) is 5.40. The minimum atomic E-state index is 0.0512. The van der Waals surface area contributed by atoms with E-state index in [1.54, 1.807) is 0 Å². The molecule has 1 amide bonds. The second-order valence-corrected chi connectivity index (χ2v) is 5.84. The summed E-state index contributed by atoms with van der Waals surface area (Å²) in [5, 5.41) is 6.43. The van der Waals surface area contributed by atoms with Crippen molar-refractivity contribution in [3.63, 3.8) is 0 Å². The molecule has 4 nitrogen and oxygen atoms in total. The second-order valence-electron chi connectivity index (χ2n) is 5.84. The van der Waals surface area contributed by atoms with E-state index in [4.69, 9.17) is 0 Å². The lowest BCUT2D eigenvalue weighted by atomic mass is 10.0. The zero-order chi connectivity index (χ0) is 15.9. The standard InChI is InChI=1S/C19H23N3O/c23-19(15-22-13-6-11-20-12-14-22)21-18-10-5-4-9-17(18)16-7-2-1-3-8-16/h1-5,7-10,20H,6,11-15H2,(H,21,23). The normalized spacial score (nSPS) is 15.8. The van der Waals surface area contributed by atoms with Crippen molar-refractivity contribution in [2.75, 3.05) is 38.0 Å². The average Bonchev–Trinajstić information content (AvgIpc) is 2.85. The Morgan fingerprint density at radius 3 is 2.65 bits per heavy atom. The van der Waals surface area contributed by atoms with E-state index >= 15 is 0 Å². The molecule has 1 aliphatic rings. The Balaban J connectivity index is 1.69. The van der Waals surface area contributed by atoms with Crippen molar-refractivity contribution in [2.24, 2.45) is 0 Å². The quantitative estimate of drug-likeness (QED) is 0.912. The Morgan fingerprint density at radius 2 is 1.78 bits per heavy atom. The number of nitrogens with one attached hydrogen (secondary N) is 2. The molecule has 0 radical (unpaired) electrons. The molecule has 3 rings (SSSR count). The van der Waals surface area contributed by atoms with Crippen molar-refractivity contribution in [3.05, 3.63) is 54.6 Å². The molecule has 1 fully saturated rings. The summed E-state index contributed by atoms with van der Waals surface area (Å²) in [5.41, 5.74) is 3.04. The zero-order valence-corrected chi connectivity index (χ0v) is 13.3. The molecule has 0 aromatic heterocycles. The van der Waals surface area contributed by atoms with Crippen LogP contribution in [0.2, 0.25) is 0 Å². The minimum Gasteiger partial charge on any atom is -0.324 e. The van der Waals surface area contributed by atoms with Crippen LogP contribution < -0.4 is 10.6 Å². The number of nitrogens with zero attached hydrogens (tertiary/aromatic N) is 1. The third-order valence-corrected chi connectivity index (χ3v) is 4.09. The molecule has 1 aliphatic heterocycles. The lowest BCUT2D eigenvalue weighted by Gasteiger charge is -2.19. The van der Waals surface area contributed by atoms with Crippen molar-refractivity contribution >= 4 is 11.6 Å².